The fraction of sp³-hybridized carbons (Fsp3) is 0.467. The number of thiazole rings is 1. The van der Waals surface area contributed by atoms with Crippen LogP contribution < -0.4 is 5.73 Å². The lowest BCUT2D eigenvalue weighted by molar-refractivity contribution is 0.0983. The van der Waals surface area contributed by atoms with Crippen LogP contribution in [0.1, 0.15) is 23.4 Å². The van der Waals surface area contributed by atoms with Gasteiger partial charge in [-0.15, -0.1) is 11.3 Å². The van der Waals surface area contributed by atoms with E-state index in [2.05, 4.69) is 32.8 Å². The van der Waals surface area contributed by atoms with Crippen molar-refractivity contribution in [2.75, 3.05) is 31.9 Å². The average molecular weight is 303 g/mol. The van der Waals surface area contributed by atoms with Crippen molar-refractivity contribution >= 4 is 16.5 Å². The zero-order chi connectivity index (χ0) is 14.7. The van der Waals surface area contributed by atoms with Crippen molar-refractivity contribution in [2.24, 2.45) is 0 Å². The van der Waals surface area contributed by atoms with Crippen molar-refractivity contribution in [1.82, 2.24) is 19.8 Å². The van der Waals surface area contributed by atoms with Crippen LogP contribution in [-0.2, 0) is 6.54 Å². The number of nitrogen functional groups attached to an aromatic ring is 1. The number of aromatic nitrogens is 2. The summed E-state index contributed by atoms with van der Waals surface area (Å²) in [5.41, 5.74) is 6.98. The maximum absolute atomic E-state index is 5.68. The SMILES string of the molecule is CC(c1cccnc1)N1CCN(Cc2cnc(N)s2)CC1. The first-order valence-corrected chi connectivity index (χ1v) is 8.10. The first kappa shape index (κ1) is 14.4. The molecule has 112 valence electrons. The Kier molecular flexibility index (Phi) is 4.48. The van der Waals surface area contributed by atoms with Crippen LogP contribution in [0.4, 0.5) is 5.13 Å². The Morgan fingerprint density at radius 1 is 1.29 bits per heavy atom. The van der Waals surface area contributed by atoms with Gasteiger partial charge in [0.15, 0.2) is 5.13 Å². The predicted octanol–water partition coefficient (Wildman–Crippen LogP) is 2.00. The van der Waals surface area contributed by atoms with Gasteiger partial charge < -0.3 is 5.73 Å². The second-order valence-corrected chi connectivity index (χ2v) is 6.59. The molecule has 6 heteroatoms. The Morgan fingerprint density at radius 3 is 2.71 bits per heavy atom. The Labute approximate surface area is 129 Å². The van der Waals surface area contributed by atoms with Crippen LogP contribution >= 0.6 is 11.3 Å². The molecule has 5 nitrogen and oxygen atoms in total. The summed E-state index contributed by atoms with van der Waals surface area (Å²) in [6, 6.07) is 4.60. The van der Waals surface area contributed by atoms with E-state index < -0.39 is 0 Å². The molecule has 2 N–H and O–H groups in total. The largest absolute Gasteiger partial charge is 0.375 e. The minimum Gasteiger partial charge on any atom is -0.375 e. The summed E-state index contributed by atoms with van der Waals surface area (Å²) in [6.45, 7) is 7.57. The Balaban J connectivity index is 1.53. The summed E-state index contributed by atoms with van der Waals surface area (Å²) in [5.74, 6) is 0. The maximum Gasteiger partial charge on any atom is 0.180 e. The number of piperazine rings is 1. The number of hydrogen-bond acceptors (Lipinski definition) is 6. The summed E-state index contributed by atoms with van der Waals surface area (Å²) in [6.07, 6.45) is 5.69. The summed E-state index contributed by atoms with van der Waals surface area (Å²) < 4.78 is 0. The standard InChI is InChI=1S/C15H21N5S/c1-12(13-3-2-4-17-9-13)20-7-5-19(6-8-20)11-14-10-18-15(16)21-14/h2-4,9-10,12H,5-8,11H2,1H3,(H2,16,18). The first-order chi connectivity index (χ1) is 10.2. The minimum absolute atomic E-state index is 0.430. The summed E-state index contributed by atoms with van der Waals surface area (Å²) in [7, 11) is 0. The topological polar surface area (TPSA) is 58.3 Å². The third-order valence-corrected chi connectivity index (χ3v) is 4.88. The number of anilines is 1. The van der Waals surface area contributed by atoms with Gasteiger partial charge in [-0.1, -0.05) is 6.07 Å². The molecule has 2 aromatic heterocycles. The lowest BCUT2D eigenvalue weighted by Crippen LogP contribution is -2.46. The molecule has 0 saturated carbocycles. The first-order valence-electron chi connectivity index (χ1n) is 7.29. The molecule has 0 radical (unpaired) electrons. The van der Waals surface area contributed by atoms with E-state index in [-0.39, 0.29) is 0 Å². The van der Waals surface area contributed by atoms with Crippen LogP contribution in [0.2, 0.25) is 0 Å². The zero-order valence-electron chi connectivity index (χ0n) is 12.3. The second-order valence-electron chi connectivity index (χ2n) is 5.44. The van der Waals surface area contributed by atoms with Crippen LogP contribution in [0.5, 0.6) is 0 Å². The highest BCUT2D eigenvalue weighted by atomic mass is 32.1. The van der Waals surface area contributed by atoms with Crippen molar-refractivity contribution in [3.63, 3.8) is 0 Å². The zero-order valence-corrected chi connectivity index (χ0v) is 13.1. The second kappa shape index (κ2) is 6.51. The Bertz CT molecular complexity index is 562. The van der Waals surface area contributed by atoms with Gasteiger partial charge in [-0.2, -0.15) is 0 Å². The molecule has 0 amide bonds. The molecule has 21 heavy (non-hydrogen) atoms. The number of nitrogens with zero attached hydrogens (tertiary/aromatic N) is 4. The fourth-order valence-corrected chi connectivity index (χ4v) is 3.49. The van der Waals surface area contributed by atoms with Crippen LogP contribution in [-0.4, -0.2) is 45.9 Å². The normalized spacial score (nSPS) is 18.7. The highest BCUT2D eigenvalue weighted by Crippen LogP contribution is 2.22. The van der Waals surface area contributed by atoms with Crippen molar-refractivity contribution < 1.29 is 0 Å². The molecule has 3 rings (SSSR count). The average Bonchev–Trinajstić information content (AvgIpc) is 2.93. The van der Waals surface area contributed by atoms with E-state index in [4.69, 9.17) is 5.73 Å². The van der Waals surface area contributed by atoms with Gasteiger partial charge in [0.2, 0.25) is 0 Å². The lowest BCUT2D eigenvalue weighted by Gasteiger charge is -2.37. The van der Waals surface area contributed by atoms with Gasteiger partial charge in [-0.3, -0.25) is 14.8 Å². The number of pyridine rings is 1. The molecular formula is C15H21N5S. The molecular weight excluding hydrogens is 282 g/mol. The molecule has 0 bridgehead atoms. The molecule has 0 spiro atoms. The number of rotatable bonds is 4. The fourth-order valence-electron chi connectivity index (χ4n) is 2.76. The molecule has 0 aromatic carbocycles. The van der Waals surface area contributed by atoms with E-state index in [0.29, 0.717) is 11.2 Å². The number of nitrogens with two attached hydrogens (primary N) is 1. The van der Waals surface area contributed by atoms with Crippen LogP contribution in [0, 0.1) is 0 Å². The molecule has 3 heterocycles. The highest BCUT2D eigenvalue weighted by molar-refractivity contribution is 7.15. The van der Waals surface area contributed by atoms with E-state index in [0.717, 1.165) is 32.7 Å². The lowest BCUT2D eigenvalue weighted by atomic mass is 10.1. The van der Waals surface area contributed by atoms with Gasteiger partial charge in [-0.25, -0.2) is 4.98 Å². The molecule has 1 fully saturated rings. The molecule has 0 aliphatic carbocycles. The molecule has 2 aromatic rings. The number of hydrogen-bond donors (Lipinski definition) is 1. The van der Waals surface area contributed by atoms with Gasteiger partial charge in [0.1, 0.15) is 0 Å². The highest BCUT2D eigenvalue weighted by Gasteiger charge is 2.22. The van der Waals surface area contributed by atoms with E-state index in [1.165, 1.54) is 10.4 Å². The maximum atomic E-state index is 5.68. The molecule has 1 aliphatic rings. The van der Waals surface area contributed by atoms with E-state index in [1.807, 2.05) is 24.7 Å². The predicted molar refractivity (Wildman–Crippen MR) is 86.0 cm³/mol. The van der Waals surface area contributed by atoms with Crippen molar-refractivity contribution in [3.05, 3.63) is 41.2 Å². The van der Waals surface area contributed by atoms with Gasteiger partial charge in [0.25, 0.3) is 0 Å². The van der Waals surface area contributed by atoms with E-state index >= 15 is 0 Å². The third-order valence-electron chi connectivity index (χ3n) is 4.07. The monoisotopic (exact) mass is 303 g/mol. The van der Waals surface area contributed by atoms with E-state index in [1.54, 1.807) is 11.3 Å². The van der Waals surface area contributed by atoms with Crippen molar-refractivity contribution in [2.45, 2.75) is 19.5 Å². The summed E-state index contributed by atoms with van der Waals surface area (Å²) in [5, 5.41) is 0.661. The van der Waals surface area contributed by atoms with Crippen LogP contribution in [0.3, 0.4) is 0 Å². The van der Waals surface area contributed by atoms with Gasteiger partial charge in [-0.05, 0) is 18.6 Å². The summed E-state index contributed by atoms with van der Waals surface area (Å²) >= 11 is 1.59. The third kappa shape index (κ3) is 3.58. The summed E-state index contributed by atoms with van der Waals surface area (Å²) in [4.78, 5) is 14.6. The molecule has 1 aliphatic heterocycles. The minimum atomic E-state index is 0.430. The van der Waals surface area contributed by atoms with Crippen LogP contribution in [0.15, 0.2) is 30.7 Å². The van der Waals surface area contributed by atoms with Crippen molar-refractivity contribution in [3.8, 4) is 0 Å². The Morgan fingerprint density at radius 2 is 2.10 bits per heavy atom. The molecule has 1 atom stereocenters. The van der Waals surface area contributed by atoms with Gasteiger partial charge in [0, 0.05) is 62.2 Å². The Hall–Kier alpha value is -1.50. The molecule has 1 unspecified atom stereocenters. The van der Waals surface area contributed by atoms with Crippen LogP contribution in [0.25, 0.3) is 0 Å². The van der Waals surface area contributed by atoms with Gasteiger partial charge >= 0.3 is 0 Å². The smallest absolute Gasteiger partial charge is 0.180 e. The van der Waals surface area contributed by atoms with E-state index in [9.17, 15) is 0 Å². The molecule has 1 saturated heterocycles. The van der Waals surface area contributed by atoms with Gasteiger partial charge in [0.05, 0.1) is 0 Å². The quantitative estimate of drug-likeness (QED) is 0.936. The van der Waals surface area contributed by atoms with Crippen molar-refractivity contribution in [1.29, 1.82) is 0 Å².